The lowest BCUT2D eigenvalue weighted by Gasteiger charge is -2.10. The Kier molecular flexibility index (Phi) is 4.71. The molecule has 6 nitrogen and oxygen atoms in total. The summed E-state index contributed by atoms with van der Waals surface area (Å²) in [4.78, 5) is 0.994. The van der Waals surface area contributed by atoms with Gasteiger partial charge in [0.1, 0.15) is 11.5 Å². The van der Waals surface area contributed by atoms with E-state index < -0.39 is 10.0 Å². The molecule has 0 spiro atoms. The molecule has 0 unspecified atom stereocenters. The first kappa shape index (κ1) is 15.6. The number of methoxy groups -OCH3 is 2. The van der Waals surface area contributed by atoms with Gasteiger partial charge in [-0.3, -0.25) is 4.72 Å². The Morgan fingerprint density at radius 1 is 1.14 bits per heavy atom. The Morgan fingerprint density at radius 3 is 2.24 bits per heavy atom. The molecule has 0 aliphatic rings. The fourth-order valence-electron chi connectivity index (χ4n) is 1.69. The van der Waals surface area contributed by atoms with E-state index in [2.05, 4.69) is 4.72 Å². The molecule has 1 aromatic heterocycles. The van der Waals surface area contributed by atoms with Crippen LogP contribution >= 0.6 is 11.3 Å². The monoisotopic (exact) mass is 328 g/mol. The van der Waals surface area contributed by atoms with Crippen molar-refractivity contribution in [3.8, 4) is 11.5 Å². The molecule has 0 aliphatic carbocycles. The summed E-state index contributed by atoms with van der Waals surface area (Å²) in [6.07, 6.45) is 0. The van der Waals surface area contributed by atoms with Crippen LogP contribution in [-0.2, 0) is 16.6 Å². The van der Waals surface area contributed by atoms with E-state index >= 15 is 0 Å². The molecular weight excluding hydrogens is 312 g/mol. The van der Waals surface area contributed by atoms with Gasteiger partial charge in [0.25, 0.3) is 10.0 Å². The van der Waals surface area contributed by atoms with Crippen LogP contribution in [0.5, 0.6) is 11.5 Å². The zero-order chi connectivity index (χ0) is 15.5. The standard InChI is InChI=1S/C13H16N2O4S2/c1-18-10-3-9(4-11(5-10)19-2)15-21(16,17)13-6-12(7-14)20-8-13/h3-6,8,15H,7,14H2,1-2H3. The molecular formula is C13H16N2O4S2. The van der Waals surface area contributed by atoms with Crippen LogP contribution < -0.4 is 19.9 Å². The number of rotatable bonds is 6. The molecule has 0 amide bonds. The number of thiophene rings is 1. The number of nitrogens with two attached hydrogens (primary N) is 1. The van der Waals surface area contributed by atoms with Crippen LogP contribution in [0.15, 0.2) is 34.5 Å². The third-order valence-corrected chi connectivity index (χ3v) is 5.21. The SMILES string of the molecule is COc1cc(NS(=O)(=O)c2csc(CN)c2)cc(OC)c1. The van der Waals surface area contributed by atoms with Crippen LogP contribution in [0.2, 0.25) is 0 Å². The molecule has 0 bridgehead atoms. The predicted octanol–water partition coefficient (Wildman–Crippen LogP) is 2.02. The van der Waals surface area contributed by atoms with Crippen molar-refractivity contribution in [3.05, 3.63) is 34.5 Å². The highest BCUT2D eigenvalue weighted by atomic mass is 32.2. The lowest BCUT2D eigenvalue weighted by molar-refractivity contribution is 0.395. The van der Waals surface area contributed by atoms with Crippen LogP contribution in [0, 0.1) is 0 Å². The fraction of sp³-hybridized carbons (Fsp3) is 0.231. The summed E-state index contributed by atoms with van der Waals surface area (Å²) in [5.41, 5.74) is 5.86. The summed E-state index contributed by atoms with van der Waals surface area (Å²) in [5.74, 6) is 1.00. The number of ether oxygens (including phenoxy) is 2. The predicted molar refractivity (Wildman–Crippen MR) is 82.6 cm³/mol. The van der Waals surface area contributed by atoms with Crippen LogP contribution in [-0.4, -0.2) is 22.6 Å². The average Bonchev–Trinajstić information content (AvgIpc) is 2.96. The molecule has 2 rings (SSSR count). The first-order valence-corrected chi connectivity index (χ1v) is 8.38. The van der Waals surface area contributed by atoms with E-state index in [1.807, 2.05) is 0 Å². The van der Waals surface area contributed by atoms with E-state index in [-0.39, 0.29) is 4.90 Å². The maximum Gasteiger partial charge on any atom is 0.262 e. The first-order valence-electron chi connectivity index (χ1n) is 6.02. The minimum absolute atomic E-state index is 0.190. The van der Waals surface area contributed by atoms with Crippen molar-refractivity contribution in [2.75, 3.05) is 18.9 Å². The highest BCUT2D eigenvalue weighted by Crippen LogP contribution is 2.28. The highest BCUT2D eigenvalue weighted by Gasteiger charge is 2.17. The lowest BCUT2D eigenvalue weighted by Crippen LogP contribution is -2.12. The molecule has 0 saturated heterocycles. The number of nitrogens with one attached hydrogen (secondary N) is 1. The number of benzene rings is 1. The van der Waals surface area contributed by atoms with Crippen molar-refractivity contribution in [1.29, 1.82) is 0 Å². The van der Waals surface area contributed by atoms with Gasteiger partial charge in [0.2, 0.25) is 0 Å². The normalized spacial score (nSPS) is 11.2. The molecule has 114 valence electrons. The van der Waals surface area contributed by atoms with Gasteiger partial charge in [-0.25, -0.2) is 8.42 Å². The third-order valence-electron chi connectivity index (χ3n) is 2.74. The molecule has 8 heteroatoms. The quantitative estimate of drug-likeness (QED) is 0.846. The average molecular weight is 328 g/mol. The minimum atomic E-state index is -3.66. The summed E-state index contributed by atoms with van der Waals surface area (Å²) in [6.45, 7) is 0.313. The van der Waals surface area contributed by atoms with Crippen LogP contribution in [0.3, 0.4) is 0 Å². The van der Waals surface area contributed by atoms with Crippen molar-refractivity contribution >= 4 is 27.0 Å². The second kappa shape index (κ2) is 6.33. The smallest absolute Gasteiger partial charge is 0.262 e. The Balaban J connectivity index is 2.31. The van der Waals surface area contributed by atoms with Gasteiger partial charge < -0.3 is 15.2 Å². The van der Waals surface area contributed by atoms with Crippen LogP contribution in [0.4, 0.5) is 5.69 Å². The zero-order valence-corrected chi connectivity index (χ0v) is 13.3. The molecule has 3 N–H and O–H groups in total. The van der Waals surface area contributed by atoms with Crippen molar-refractivity contribution in [2.45, 2.75) is 11.4 Å². The van der Waals surface area contributed by atoms with Gasteiger partial charge >= 0.3 is 0 Å². The molecule has 2 aromatic rings. The molecule has 0 radical (unpaired) electrons. The van der Waals surface area contributed by atoms with Crippen molar-refractivity contribution in [2.24, 2.45) is 5.73 Å². The summed E-state index contributed by atoms with van der Waals surface area (Å²) in [7, 11) is -0.660. The first-order chi connectivity index (χ1) is 9.98. The largest absolute Gasteiger partial charge is 0.497 e. The zero-order valence-electron chi connectivity index (χ0n) is 11.6. The minimum Gasteiger partial charge on any atom is -0.497 e. The van der Waals surface area contributed by atoms with Crippen LogP contribution in [0.25, 0.3) is 0 Å². The summed E-state index contributed by atoms with van der Waals surface area (Å²) in [6, 6.07) is 6.38. The number of hydrogen-bond acceptors (Lipinski definition) is 6. The van der Waals surface area contributed by atoms with Gasteiger partial charge in [0, 0.05) is 35.0 Å². The number of sulfonamides is 1. The van der Waals surface area contributed by atoms with Crippen molar-refractivity contribution < 1.29 is 17.9 Å². The molecule has 21 heavy (non-hydrogen) atoms. The molecule has 0 fully saturated rings. The Morgan fingerprint density at radius 2 is 1.76 bits per heavy atom. The Hall–Kier alpha value is -1.77. The molecule has 0 saturated carbocycles. The fourth-order valence-corrected chi connectivity index (χ4v) is 3.88. The molecule has 1 aromatic carbocycles. The van der Waals surface area contributed by atoms with E-state index in [1.165, 1.54) is 25.6 Å². The van der Waals surface area contributed by atoms with Crippen LogP contribution in [0.1, 0.15) is 4.88 Å². The van der Waals surface area contributed by atoms with E-state index in [4.69, 9.17) is 15.2 Å². The Labute approximate surface area is 127 Å². The number of anilines is 1. The van der Waals surface area contributed by atoms with Gasteiger partial charge in [-0.05, 0) is 6.07 Å². The highest BCUT2D eigenvalue weighted by molar-refractivity contribution is 7.92. The maximum atomic E-state index is 12.3. The van der Waals surface area contributed by atoms with Gasteiger partial charge in [-0.2, -0.15) is 0 Å². The topological polar surface area (TPSA) is 90.7 Å². The van der Waals surface area contributed by atoms with E-state index in [9.17, 15) is 8.42 Å². The number of hydrogen-bond donors (Lipinski definition) is 2. The second-order valence-electron chi connectivity index (χ2n) is 4.16. The van der Waals surface area contributed by atoms with Gasteiger partial charge in [0.05, 0.1) is 24.8 Å². The lowest BCUT2D eigenvalue weighted by atomic mass is 10.3. The van der Waals surface area contributed by atoms with Gasteiger partial charge in [-0.1, -0.05) is 0 Å². The molecule has 0 atom stereocenters. The molecule has 1 heterocycles. The van der Waals surface area contributed by atoms with Crippen molar-refractivity contribution in [3.63, 3.8) is 0 Å². The Bertz CT molecular complexity index is 703. The van der Waals surface area contributed by atoms with E-state index in [0.717, 1.165) is 4.88 Å². The van der Waals surface area contributed by atoms with Gasteiger partial charge in [0.15, 0.2) is 0 Å². The van der Waals surface area contributed by atoms with E-state index in [1.54, 1.807) is 29.6 Å². The summed E-state index contributed by atoms with van der Waals surface area (Å²) in [5, 5.41) is 1.56. The summed E-state index contributed by atoms with van der Waals surface area (Å²) >= 11 is 1.31. The molecule has 0 aliphatic heterocycles. The summed E-state index contributed by atoms with van der Waals surface area (Å²) < 4.78 is 37.3. The van der Waals surface area contributed by atoms with Gasteiger partial charge in [-0.15, -0.1) is 11.3 Å². The third kappa shape index (κ3) is 3.66. The maximum absolute atomic E-state index is 12.3. The second-order valence-corrected chi connectivity index (χ2v) is 6.84. The van der Waals surface area contributed by atoms with Crippen molar-refractivity contribution in [1.82, 2.24) is 0 Å². The van der Waals surface area contributed by atoms with E-state index in [0.29, 0.717) is 23.7 Å².